The fourth-order valence-electron chi connectivity index (χ4n) is 1.72. The van der Waals surface area contributed by atoms with Crippen LogP contribution < -0.4 is 10.5 Å². The Morgan fingerprint density at radius 2 is 1.95 bits per heavy atom. The van der Waals surface area contributed by atoms with E-state index in [2.05, 4.69) is 0 Å². The molecule has 98 valence electrons. The van der Waals surface area contributed by atoms with Crippen molar-refractivity contribution >= 4 is 23.1 Å². The number of methoxy groups -OCH3 is 1. The highest BCUT2D eigenvalue weighted by Gasteiger charge is 2.18. The molecular formula is C14H11ClFNO2. The molecule has 3 nitrogen and oxygen atoms in total. The van der Waals surface area contributed by atoms with E-state index in [1.165, 1.54) is 25.3 Å². The van der Waals surface area contributed by atoms with E-state index in [1.807, 2.05) is 0 Å². The Hall–Kier alpha value is -2.07. The summed E-state index contributed by atoms with van der Waals surface area (Å²) in [5, 5.41) is 0.375. The van der Waals surface area contributed by atoms with E-state index in [9.17, 15) is 9.18 Å². The van der Waals surface area contributed by atoms with Crippen LogP contribution in [-0.2, 0) is 0 Å². The Labute approximate surface area is 114 Å². The van der Waals surface area contributed by atoms with Crippen molar-refractivity contribution in [3.8, 4) is 5.75 Å². The summed E-state index contributed by atoms with van der Waals surface area (Å²) in [6.45, 7) is 0. The van der Waals surface area contributed by atoms with Crippen LogP contribution in [0, 0.1) is 5.82 Å². The number of halogens is 2. The van der Waals surface area contributed by atoms with Gasteiger partial charge in [-0.2, -0.15) is 0 Å². The Kier molecular flexibility index (Phi) is 3.71. The van der Waals surface area contributed by atoms with E-state index in [-0.39, 0.29) is 16.8 Å². The molecule has 0 atom stereocenters. The van der Waals surface area contributed by atoms with Crippen LogP contribution in [0.5, 0.6) is 5.75 Å². The van der Waals surface area contributed by atoms with Gasteiger partial charge in [0, 0.05) is 10.7 Å². The molecule has 2 rings (SSSR count). The van der Waals surface area contributed by atoms with E-state index < -0.39 is 11.6 Å². The second-order valence-electron chi connectivity index (χ2n) is 3.91. The summed E-state index contributed by atoms with van der Waals surface area (Å²) >= 11 is 5.85. The van der Waals surface area contributed by atoms with Crippen molar-refractivity contribution in [3.05, 3.63) is 58.4 Å². The molecule has 0 aromatic heterocycles. The number of ketones is 1. The molecule has 0 saturated carbocycles. The van der Waals surface area contributed by atoms with Crippen LogP contribution in [0.3, 0.4) is 0 Å². The van der Waals surface area contributed by atoms with Gasteiger partial charge in [0.2, 0.25) is 0 Å². The molecule has 2 aromatic carbocycles. The molecule has 0 saturated heterocycles. The van der Waals surface area contributed by atoms with E-state index in [0.717, 1.165) is 6.07 Å². The minimum Gasteiger partial charge on any atom is -0.496 e. The largest absolute Gasteiger partial charge is 0.496 e. The Bertz CT molecular complexity index is 643. The Morgan fingerprint density at radius 1 is 1.21 bits per heavy atom. The van der Waals surface area contributed by atoms with Gasteiger partial charge in [-0.05, 0) is 36.4 Å². The number of ether oxygens (including phenoxy) is 1. The number of hydrogen-bond donors (Lipinski definition) is 1. The molecule has 19 heavy (non-hydrogen) atoms. The SMILES string of the molecule is COc1ccc(Cl)cc1C(=O)c1ccc(N)cc1F. The van der Waals surface area contributed by atoms with Gasteiger partial charge < -0.3 is 10.5 Å². The molecule has 2 aromatic rings. The zero-order valence-corrected chi connectivity index (χ0v) is 10.9. The summed E-state index contributed by atoms with van der Waals surface area (Å²) in [5.74, 6) is -0.838. The standard InChI is InChI=1S/C14H11ClFNO2/c1-19-13-5-2-8(15)6-11(13)14(18)10-4-3-9(17)7-12(10)16/h2-7H,17H2,1H3. The fourth-order valence-corrected chi connectivity index (χ4v) is 1.89. The third-order valence-electron chi connectivity index (χ3n) is 2.64. The van der Waals surface area contributed by atoms with Gasteiger partial charge >= 0.3 is 0 Å². The molecule has 0 radical (unpaired) electrons. The van der Waals surface area contributed by atoms with Gasteiger partial charge in [0.15, 0.2) is 5.78 Å². The first-order valence-corrected chi connectivity index (χ1v) is 5.84. The lowest BCUT2D eigenvalue weighted by Crippen LogP contribution is -2.07. The first-order chi connectivity index (χ1) is 9.02. The monoisotopic (exact) mass is 279 g/mol. The summed E-state index contributed by atoms with van der Waals surface area (Å²) in [4.78, 5) is 12.3. The fraction of sp³-hybridized carbons (Fsp3) is 0.0714. The lowest BCUT2D eigenvalue weighted by atomic mass is 10.0. The number of benzene rings is 2. The number of anilines is 1. The van der Waals surface area contributed by atoms with Crippen molar-refractivity contribution in [2.45, 2.75) is 0 Å². The highest BCUT2D eigenvalue weighted by molar-refractivity contribution is 6.31. The second-order valence-corrected chi connectivity index (χ2v) is 4.35. The molecule has 0 bridgehead atoms. The zero-order chi connectivity index (χ0) is 14.0. The summed E-state index contributed by atoms with van der Waals surface area (Å²) in [6, 6.07) is 8.50. The van der Waals surface area contributed by atoms with E-state index >= 15 is 0 Å². The maximum absolute atomic E-state index is 13.7. The highest BCUT2D eigenvalue weighted by Crippen LogP contribution is 2.26. The topological polar surface area (TPSA) is 52.3 Å². The van der Waals surface area contributed by atoms with Gasteiger partial charge in [0.05, 0.1) is 18.2 Å². The predicted molar refractivity (Wildman–Crippen MR) is 72.2 cm³/mol. The van der Waals surface area contributed by atoms with Crippen molar-refractivity contribution in [1.29, 1.82) is 0 Å². The zero-order valence-electron chi connectivity index (χ0n) is 10.1. The van der Waals surface area contributed by atoms with Gasteiger partial charge in [-0.1, -0.05) is 11.6 Å². The van der Waals surface area contributed by atoms with Crippen LogP contribution in [0.15, 0.2) is 36.4 Å². The molecule has 0 spiro atoms. The number of rotatable bonds is 3. The van der Waals surface area contributed by atoms with Crippen LogP contribution >= 0.6 is 11.6 Å². The molecule has 0 aliphatic heterocycles. The number of nitrogen functional groups attached to an aromatic ring is 1. The Balaban J connectivity index is 2.52. The number of hydrogen-bond acceptors (Lipinski definition) is 3. The molecule has 0 fully saturated rings. The van der Waals surface area contributed by atoms with Gasteiger partial charge in [0.1, 0.15) is 11.6 Å². The minimum atomic E-state index is -0.674. The molecule has 0 heterocycles. The molecule has 5 heteroatoms. The molecular weight excluding hydrogens is 269 g/mol. The molecule has 2 N–H and O–H groups in total. The second kappa shape index (κ2) is 5.28. The van der Waals surface area contributed by atoms with Crippen molar-refractivity contribution in [1.82, 2.24) is 0 Å². The summed E-state index contributed by atoms with van der Waals surface area (Å²) in [5.41, 5.74) is 5.84. The van der Waals surface area contributed by atoms with Crippen LogP contribution in [0.25, 0.3) is 0 Å². The summed E-state index contributed by atoms with van der Waals surface area (Å²) in [6.07, 6.45) is 0. The summed E-state index contributed by atoms with van der Waals surface area (Å²) < 4.78 is 18.8. The average Bonchev–Trinajstić information content (AvgIpc) is 2.38. The smallest absolute Gasteiger partial charge is 0.199 e. The predicted octanol–water partition coefficient (Wildman–Crippen LogP) is 3.30. The van der Waals surface area contributed by atoms with Crippen molar-refractivity contribution in [2.75, 3.05) is 12.8 Å². The maximum Gasteiger partial charge on any atom is 0.199 e. The van der Waals surface area contributed by atoms with Gasteiger partial charge in [0.25, 0.3) is 0 Å². The van der Waals surface area contributed by atoms with Gasteiger partial charge in [-0.15, -0.1) is 0 Å². The first-order valence-electron chi connectivity index (χ1n) is 5.46. The molecule has 0 aliphatic carbocycles. The number of carbonyl (C=O) groups excluding carboxylic acids is 1. The van der Waals surface area contributed by atoms with Crippen molar-refractivity contribution < 1.29 is 13.9 Å². The van der Waals surface area contributed by atoms with E-state index in [4.69, 9.17) is 22.1 Å². The number of carbonyl (C=O) groups is 1. The highest BCUT2D eigenvalue weighted by atomic mass is 35.5. The third kappa shape index (κ3) is 2.69. The number of nitrogens with two attached hydrogens (primary N) is 1. The van der Waals surface area contributed by atoms with E-state index in [0.29, 0.717) is 10.8 Å². The summed E-state index contributed by atoms with van der Waals surface area (Å²) in [7, 11) is 1.43. The third-order valence-corrected chi connectivity index (χ3v) is 2.88. The van der Waals surface area contributed by atoms with Crippen molar-refractivity contribution in [3.63, 3.8) is 0 Å². The van der Waals surface area contributed by atoms with Crippen molar-refractivity contribution in [2.24, 2.45) is 0 Å². The van der Waals surface area contributed by atoms with Gasteiger partial charge in [-0.3, -0.25) is 4.79 Å². The minimum absolute atomic E-state index is 0.0743. The maximum atomic E-state index is 13.7. The van der Waals surface area contributed by atoms with Crippen LogP contribution in [0.1, 0.15) is 15.9 Å². The Morgan fingerprint density at radius 3 is 2.58 bits per heavy atom. The normalized spacial score (nSPS) is 10.3. The van der Waals surface area contributed by atoms with Crippen LogP contribution in [0.4, 0.5) is 10.1 Å². The van der Waals surface area contributed by atoms with Gasteiger partial charge in [-0.25, -0.2) is 4.39 Å². The van der Waals surface area contributed by atoms with Crippen LogP contribution in [-0.4, -0.2) is 12.9 Å². The molecule has 0 unspecified atom stereocenters. The molecule has 0 amide bonds. The first kappa shape index (κ1) is 13.4. The lowest BCUT2D eigenvalue weighted by molar-refractivity contribution is 0.103. The average molecular weight is 280 g/mol. The quantitative estimate of drug-likeness (QED) is 0.693. The lowest BCUT2D eigenvalue weighted by Gasteiger charge is -2.09. The molecule has 0 aliphatic rings. The van der Waals surface area contributed by atoms with Crippen LogP contribution in [0.2, 0.25) is 5.02 Å². The van der Waals surface area contributed by atoms with E-state index in [1.54, 1.807) is 12.1 Å².